The van der Waals surface area contributed by atoms with E-state index in [2.05, 4.69) is 0 Å². The molecule has 5 nitrogen and oxygen atoms in total. The van der Waals surface area contributed by atoms with Crippen LogP contribution in [0.3, 0.4) is 0 Å². The normalized spacial score (nSPS) is 20.4. The Bertz CT molecular complexity index is 256. The number of hydrogen-bond acceptors (Lipinski definition) is 3. The maximum atomic E-state index is 11.9. The van der Waals surface area contributed by atoms with Crippen LogP contribution in [-0.2, 0) is 4.79 Å². The number of thioether (sulfide) groups is 1. The van der Waals surface area contributed by atoms with E-state index in [0.29, 0.717) is 24.7 Å². The van der Waals surface area contributed by atoms with Crippen molar-refractivity contribution >= 4 is 23.8 Å². The van der Waals surface area contributed by atoms with E-state index in [-0.39, 0.29) is 6.03 Å². The summed E-state index contributed by atoms with van der Waals surface area (Å²) in [6, 6.07) is -0.833. The zero-order valence-electron chi connectivity index (χ0n) is 8.97. The average molecular weight is 232 g/mol. The molecular formula is C9H16N2O3S. The lowest BCUT2D eigenvalue weighted by Gasteiger charge is -2.27. The maximum absolute atomic E-state index is 11.9. The molecule has 1 rings (SSSR count). The van der Waals surface area contributed by atoms with E-state index in [1.165, 1.54) is 16.7 Å². The molecule has 1 fully saturated rings. The zero-order chi connectivity index (χ0) is 11.4. The van der Waals surface area contributed by atoms with E-state index in [1.54, 1.807) is 4.90 Å². The molecule has 2 amide bonds. The second-order valence-electron chi connectivity index (χ2n) is 3.28. The van der Waals surface area contributed by atoms with Crippen molar-refractivity contribution in [1.29, 1.82) is 0 Å². The minimum atomic E-state index is -0.916. The van der Waals surface area contributed by atoms with Crippen LogP contribution in [-0.4, -0.2) is 57.7 Å². The Balaban J connectivity index is 2.69. The summed E-state index contributed by atoms with van der Waals surface area (Å²) in [5, 5.41) is 8.93. The van der Waals surface area contributed by atoms with Crippen molar-refractivity contribution in [3.63, 3.8) is 0 Å². The Hall–Kier alpha value is -0.910. The van der Waals surface area contributed by atoms with Gasteiger partial charge in [-0.15, -0.1) is 11.8 Å². The number of rotatable bonds is 3. The van der Waals surface area contributed by atoms with Crippen molar-refractivity contribution in [3.8, 4) is 0 Å². The first-order valence-electron chi connectivity index (χ1n) is 4.97. The summed E-state index contributed by atoms with van der Waals surface area (Å²) in [6.45, 7) is 5.01. The van der Waals surface area contributed by atoms with Gasteiger partial charge < -0.3 is 14.9 Å². The largest absolute Gasteiger partial charge is 0.480 e. The number of carbonyl (C=O) groups excluding carboxylic acids is 1. The Kier molecular flexibility index (Phi) is 4.26. The quantitative estimate of drug-likeness (QED) is 0.785. The predicted octanol–water partition coefficient (Wildman–Crippen LogP) is 0.908. The van der Waals surface area contributed by atoms with Gasteiger partial charge in [0.25, 0.3) is 0 Å². The second-order valence-corrected chi connectivity index (χ2v) is 4.28. The summed E-state index contributed by atoms with van der Waals surface area (Å²) in [5.41, 5.74) is 0. The van der Waals surface area contributed by atoms with Crippen LogP contribution in [0.2, 0.25) is 0 Å². The molecule has 0 bridgehead atoms. The van der Waals surface area contributed by atoms with Gasteiger partial charge in [-0.2, -0.15) is 0 Å². The van der Waals surface area contributed by atoms with E-state index in [1.807, 2.05) is 13.8 Å². The van der Waals surface area contributed by atoms with Gasteiger partial charge in [-0.1, -0.05) is 0 Å². The van der Waals surface area contributed by atoms with Gasteiger partial charge in [0.1, 0.15) is 6.04 Å². The first-order valence-corrected chi connectivity index (χ1v) is 6.13. The van der Waals surface area contributed by atoms with Gasteiger partial charge in [-0.25, -0.2) is 9.59 Å². The van der Waals surface area contributed by atoms with Crippen LogP contribution >= 0.6 is 11.8 Å². The van der Waals surface area contributed by atoms with Crippen LogP contribution < -0.4 is 0 Å². The van der Waals surface area contributed by atoms with Gasteiger partial charge in [0, 0.05) is 18.8 Å². The smallest absolute Gasteiger partial charge is 0.327 e. The summed E-state index contributed by atoms with van der Waals surface area (Å²) in [6.07, 6.45) is 0. The minimum Gasteiger partial charge on any atom is -0.480 e. The highest BCUT2D eigenvalue weighted by Gasteiger charge is 2.36. The van der Waals surface area contributed by atoms with E-state index in [4.69, 9.17) is 5.11 Å². The number of carboxylic acids is 1. The molecule has 0 saturated carbocycles. The summed E-state index contributed by atoms with van der Waals surface area (Å²) >= 11 is 1.48. The van der Waals surface area contributed by atoms with Gasteiger partial charge in [-0.3, -0.25) is 0 Å². The summed E-state index contributed by atoms with van der Waals surface area (Å²) in [4.78, 5) is 25.9. The average Bonchev–Trinajstić information content (AvgIpc) is 2.67. The summed E-state index contributed by atoms with van der Waals surface area (Å²) in [7, 11) is 0. The Morgan fingerprint density at radius 3 is 2.53 bits per heavy atom. The molecule has 15 heavy (non-hydrogen) atoms. The SMILES string of the molecule is CCN(CC)C(=O)N1CSC[C@H]1C(=O)O. The van der Waals surface area contributed by atoms with Crippen LogP contribution in [0.25, 0.3) is 0 Å². The molecule has 0 aromatic heterocycles. The highest BCUT2D eigenvalue weighted by molar-refractivity contribution is 7.99. The van der Waals surface area contributed by atoms with E-state index in [9.17, 15) is 9.59 Å². The van der Waals surface area contributed by atoms with Gasteiger partial charge in [-0.05, 0) is 13.8 Å². The summed E-state index contributed by atoms with van der Waals surface area (Å²) in [5.74, 6) is 0.0507. The fraction of sp³-hybridized carbons (Fsp3) is 0.778. The van der Waals surface area contributed by atoms with Crippen molar-refractivity contribution in [1.82, 2.24) is 9.80 Å². The van der Waals surface area contributed by atoms with Crippen molar-refractivity contribution < 1.29 is 14.7 Å². The van der Waals surface area contributed by atoms with Crippen molar-refractivity contribution in [3.05, 3.63) is 0 Å². The Morgan fingerprint density at radius 1 is 1.47 bits per heavy atom. The van der Waals surface area contributed by atoms with E-state index < -0.39 is 12.0 Å². The molecule has 0 unspecified atom stereocenters. The van der Waals surface area contributed by atoms with Gasteiger partial charge in [0.05, 0.1) is 5.88 Å². The molecule has 0 aromatic carbocycles. The number of nitrogens with zero attached hydrogens (tertiary/aromatic N) is 2. The molecule has 1 aliphatic rings. The van der Waals surface area contributed by atoms with E-state index in [0.717, 1.165) is 0 Å². The molecule has 0 spiro atoms. The topological polar surface area (TPSA) is 60.9 Å². The number of amides is 2. The fourth-order valence-corrected chi connectivity index (χ4v) is 2.65. The van der Waals surface area contributed by atoms with Crippen LogP contribution in [0.15, 0.2) is 0 Å². The fourth-order valence-electron chi connectivity index (χ4n) is 1.51. The number of carbonyl (C=O) groups is 2. The number of carboxylic acid groups (broad SMARTS) is 1. The minimum absolute atomic E-state index is 0.169. The monoisotopic (exact) mass is 232 g/mol. The molecule has 1 atom stereocenters. The van der Waals surface area contributed by atoms with Crippen LogP contribution in [0, 0.1) is 0 Å². The van der Waals surface area contributed by atoms with Gasteiger partial charge >= 0.3 is 12.0 Å². The number of urea groups is 1. The first kappa shape index (κ1) is 12.2. The highest BCUT2D eigenvalue weighted by Crippen LogP contribution is 2.22. The maximum Gasteiger partial charge on any atom is 0.327 e. The van der Waals surface area contributed by atoms with Crippen molar-refractivity contribution in [2.24, 2.45) is 0 Å². The standard InChI is InChI=1S/C9H16N2O3S/c1-3-10(4-2)9(14)11-6-15-5-7(11)8(12)13/h7H,3-6H2,1-2H3,(H,12,13)/t7-/m0/s1. The predicted molar refractivity (Wildman–Crippen MR) is 58.9 cm³/mol. The molecule has 6 heteroatoms. The number of aliphatic carboxylic acids is 1. The summed E-state index contributed by atoms with van der Waals surface area (Å²) < 4.78 is 0. The van der Waals surface area contributed by atoms with Crippen LogP contribution in [0.5, 0.6) is 0 Å². The molecular weight excluding hydrogens is 216 g/mol. The van der Waals surface area contributed by atoms with E-state index >= 15 is 0 Å². The molecule has 1 aliphatic heterocycles. The molecule has 0 aliphatic carbocycles. The lowest BCUT2D eigenvalue weighted by molar-refractivity contribution is -0.140. The third-order valence-corrected chi connectivity index (χ3v) is 3.46. The van der Waals surface area contributed by atoms with Crippen molar-refractivity contribution in [2.45, 2.75) is 19.9 Å². The highest BCUT2D eigenvalue weighted by atomic mass is 32.2. The Morgan fingerprint density at radius 2 is 2.07 bits per heavy atom. The van der Waals surface area contributed by atoms with Crippen LogP contribution in [0.4, 0.5) is 4.79 Å². The lowest BCUT2D eigenvalue weighted by Crippen LogP contribution is -2.48. The second kappa shape index (κ2) is 5.25. The third kappa shape index (κ3) is 2.56. The Labute approximate surface area is 93.4 Å². The molecule has 1 N–H and O–H groups in total. The zero-order valence-corrected chi connectivity index (χ0v) is 9.79. The molecule has 1 saturated heterocycles. The number of hydrogen-bond donors (Lipinski definition) is 1. The molecule has 0 radical (unpaired) electrons. The molecule has 1 heterocycles. The van der Waals surface area contributed by atoms with Crippen LogP contribution in [0.1, 0.15) is 13.8 Å². The lowest BCUT2D eigenvalue weighted by atomic mass is 10.3. The van der Waals surface area contributed by atoms with Gasteiger partial charge in [0.2, 0.25) is 0 Å². The molecule has 86 valence electrons. The first-order chi connectivity index (χ1) is 7.11. The molecule has 0 aromatic rings. The van der Waals surface area contributed by atoms with Gasteiger partial charge in [0.15, 0.2) is 0 Å². The third-order valence-electron chi connectivity index (χ3n) is 2.45. The van der Waals surface area contributed by atoms with Crippen molar-refractivity contribution in [2.75, 3.05) is 24.7 Å².